The largest absolute Gasteiger partial charge is 0.492 e. The van der Waals surface area contributed by atoms with E-state index in [0.29, 0.717) is 19.2 Å². The highest BCUT2D eigenvalue weighted by molar-refractivity contribution is 5.81. The van der Waals surface area contributed by atoms with Gasteiger partial charge in [0.25, 0.3) is 6.01 Å². The Labute approximate surface area is 222 Å². The maximum absolute atomic E-state index is 13.5. The summed E-state index contributed by atoms with van der Waals surface area (Å²) < 4.78 is 18.3. The molecule has 2 saturated heterocycles. The molecule has 0 radical (unpaired) electrons. The zero-order chi connectivity index (χ0) is 25.7. The average molecular weight is 513 g/mol. The van der Waals surface area contributed by atoms with Crippen molar-refractivity contribution in [3.63, 3.8) is 0 Å². The van der Waals surface area contributed by atoms with E-state index >= 15 is 0 Å². The number of fused-ring (bicyclic) bond motifs is 1. The number of para-hydroxylation sites is 3. The number of hydrogen-bond acceptors (Lipinski definition) is 8. The minimum Gasteiger partial charge on any atom is -0.492 e. The first-order valence-corrected chi connectivity index (χ1v) is 13.4. The third-order valence-corrected chi connectivity index (χ3v) is 7.40. The standard InChI is InChI=1S/C30H32N4O4/c35-29(27-11-6-7-17-34(27)30-32-26-10-4-5-12-28(26)38-30)37-25-18-23(21-36-24-8-2-1-3-9-24)33(20-25)19-22-13-15-31-16-14-22/h1-5,8-10,12-16,23,25,27H,6-7,11,17-21H2/t23-,25-,27-/m0/s1. The molecule has 2 aromatic heterocycles. The van der Waals surface area contributed by atoms with E-state index < -0.39 is 6.04 Å². The summed E-state index contributed by atoms with van der Waals surface area (Å²) in [5.74, 6) is 0.637. The number of nitrogens with zero attached hydrogens (tertiary/aromatic N) is 4. The van der Waals surface area contributed by atoms with E-state index in [9.17, 15) is 4.79 Å². The number of anilines is 1. The number of hydrogen-bond donors (Lipinski definition) is 0. The zero-order valence-electron chi connectivity index (χ0n) is 21.3. The van der Waals surface area contributed by atoms with Crippen molar-refractivity contribution < 1.29 is 18.7 Å². The molecule has 38 heavy (non-hydrogen) atoms. The van der Waals surface area contributed by atoms with Crippen LogP contribution in [0.4, 0.5) is 6.01 Å². The summed E-state index contributed by atoms with van der Waals surface area (Å²) in [4.78, 5) is 26.6. The van der Waals surface area contributed by atoms with Gasteiger partial charge in [0.05, 0.1) is 0 Å². The van der Waals surface area contributed by atoms with Crippen LogP contribution >= 0.6 is 0 Å². The van der Waals surface area contributed by atoms with E-state index in [1.165, 1.54) is 5.56 Å². The Hall–Kier alpha value is -3.91. The Bertz CT molecular complexity index is 1310. The molecule has 6 rings (SSSR count). The lowest BCUT2D eigenvalue weighted by molar-refractivity contribution is -0.150. The average Bonchev–Trinajstić information content (AvgIpc) is 3.56. The Balaban J connectivity index is 1.14. The second kappa shape index (κ2) is 11.2. The zero-order valence-corrected chi connectivity index (χ0v) is 21.3. The van der Waals surface area contributed by atoms with Crippen molar-refractivity contribution in [2.24, 2.45) is 0 Å². The number of rotatable bonds is 8. The molecule has 2 aromatic carbocycles. The van der Waals surface area contributed by atoms with Crippen molar-refractivity contribution in [3.05, 3.63) is 84.7 Å². The fraction of sp³-hybridized carbons (Fsp3) is 0.367. The topological polar surface area (TPSA) is 80.9 Å². The molecule has 2 aliphatic rings. The third kappa shape index (κ3) is 5.50. The van der Waals surface area contributed by atoms with Crippen LogP contribution < -0.4 is 9.64 Å². The number of piperidine rings is 1. The van der Waals surface area contributed by atoms with Crippen LogP contribution in [0.1, 0.15) is 31.2 Å². The van der Waals surface area contributed by atoms with E-state index in [1.807, 2.05) is 84.0 Å². The molecule has 0 saturated carbocycles. The molecule has 4 aromatic rings. The van der Waals surface area contributed by atoms with Crippen LogP contribution in [-0.2, 0) is 16.1 Å². The quantitative estimate of drug-likeness (QED) is 0.310. The second-order valence-corrected chi connectivity index (χ2v) is 10.0. The summed E-state index contributed by atoms with van der Waals surface area (Å²) in [7, 11) is 0. The van der Waals surface area contributed by atoms with Gasteiger partial charge in [-0.25, -0.2) is 4.79 Å². The normalized spacial score (nSPS) is 22.0. The highest BCUT2D eigenvalue weighted by atomic mass is 16.5. The maximum Gasteiger partial charge on any atom is 0.329 e. The number of aromatic nitrogens is 2. The lowest BCUT2D eigenvalue weighted by Gasteiger charge is -2.33. The van der Waals surface area contributed by atoms with Crippen LogP contribution in [0.25, 0.3) is 11.1 Å². The van der Waals surface area contributed by atoms with Crippen LogP contribution in [0.2, 0.25) is 0 Å². The van der Waals surface area contributed by atoms with Crippen LogP contribution in [0.3, 0.4) is 0 Å². The Morgan fingerprint density at radius 2 is 1.82 bits per heavy atom. The second-order valence-electron chi connectivity index (χ2n) is 10.0. The van der Waals surface area contributed by atoms with Gasteiger partial charge in [-0.1, -0.05) is 30.3 Å². The number of esters is 1. The van der Waals surface area contributed by atoms with Crippen molar-refractivity contribution in [2.45, 2.75) is 50.4 Å². The molecule has 2 fully saturated rings. The van der Waals surface area contributed by atoms with E-state index in [-0.39, 0.29) is 18.1 Å². The van der Waals surface area contributed by atoms with Crippen LogP contribution in [0, 0.1) is 0 Å². The molecule has 3 atom stereocenters. The fourth-order valence-corrected chi connectivity index (χ4v) is 5.45. The summed E-state index contributed by atoms with van der Waals surface area (Å²) in [5, 5.41) is 0. The van der Waals surface area contributed by atoms with Gasteiger partial charge in [-0.15, -0.1) is 0 Å². The number of ether oxygens (including phenoxy) is 2. The smallest absolute Gasteiger partial charge is 0.329 e. The summed E-state index contributed by atoms with van der Waals surface area (Å²) in [6.45, 7) is 2.66. The van der Waals surface area contributed by atoms with Crippen molar-refractivity contribution in [2.75, 3.05) is 24.6 Å². The minimum absolute atomic E-state index is 0.126. The number of pyridine rings is 1. The van der Waals surface area contributed by atoms with E-state index in [2.05, 4.69) is 14.9 Å². The van der Waals surface area contributed by atoms with Crippen molar-refractivity contribution >= 4 is 23.1 Å². The molecule has 8 heteroatoms. The van der Waals surface area contributed by atoms with Gasteiger partial charge in [0.1, 0.15) is 30.0 Å². The van der Waals surface area contributed by atoms with Gasteiger partial charge in [-0.05, 0) is 61.2 Å². The van der Waals surface area contributed by atoms with Crippen LogP contribution in [0.5, 0.6) is 5.75 Å². The van der Waals surface area contributed by atoms with Gasteiger partial charge in [0.15, 0.2) is 5.58 Å². The summed E-state index contributed by atoms with van der Waals surface area (Å²) >= 11 is 0. The number of oxazole rings is 1. The molecular weight excluding hydrogens is 480 g/mol. The number of benzene rings is 2. The molecule has 0 N–H and O–H groups in total. The molecule has 0 spiro atoms. The van der Waals surface area contributed by atoms with Crippen LogP contribution in [0.15, 0.2) is 83.5 Å². The molecule has 0 bridgehead atoms. The summed E-state index contributed by atoms with van der Waals surface area (Å²) in [6, 6.07) is 21.8. The highest BCUT2D eigenvalue weighted by Gasteiger charge is 2.39. The summed E-state index contributed by atoms with van der Waals surface area (Å²) in [5.41, 5.74) is 2.69. The molecular formula is C30H32N4O4. The van der Waals surface area contributed by atoms with E-state index in [4.69, 9.17) is 13.9 Å². The van der Waals surface area contributed by atoms with Gasteiger partial charge >= 0.3 is 5.97 Å². The first kappa shape index (κ1) is 24.4. The Morgan fingerprint density at radius 3 is 2.66 bits per heavy atom. The number of likely N-dealkylation sites (tertiary alicyclic amines) is 1. The van der Waals surface area contributed by atoms with Crippen molar-refractivity contribution in [1.82, 2.24) is 14.9 Å². The molecule has 0 unspecified atom stereocenters. The molecule has 0 aliphatic carbocycles. The molecule has 2 aliphatic heterocycles. The SMILES string of the molecule is O=C(O[C@H]1C[C@@H](COc2ccccc2)N(Cc2ccncc2)C1)[C@@H]1CCCCN1c1nc2ccccc2o1. The number of carbonyl (C=O) groups is 1. The maximum atomic E-state index is 13.5. The Morgan fingerprint density at radius 1 is 1.00 bits per heavy atom. The Kier molecular flexibility index (Phi) is 7.22. The van der Waals surface area contributed by atoms with E-state index in [0.717, 1.165) is 55.6 Å². The molecule has 8 nitrogen and oxygen atoms in total. The predicted octanol–water partition coefficient (Wildman–Crippen LogP) is 4.85. The molecule has 4 heterocycles. The van der Waals surface area contributed by atoms with Gasteiger partial charge in [0, 0.05) is 44.5 Å². The van der Waals surface area contributed by atoms with Gasteiger partial charge in [-0.2, -0.15) is 4.98 Å². The van der Waals surface area contributed by atoms with Gasteiger partial charge in [-0.3, -0.25) is 9.88 Å². The lowest BCUT2D eigenvalue weighted by atomic mass is 10.0. The molecule has 0 amide bonds. The minimum atomic E-state index is -0.398. The van der Waals surface area contributed by atoms with Crippen molar-refractivity contribution in [3.8, 4) is 5.75 Å². The monoisotopic (exact) mass is 512 g/mol. The first-order valence-electron chi connectivity index (χ1n) is 13.4. The third-order valence-electron chi connectivity index (χ3n) is 7.40. The van der Waals surface area contributed by atoms with Gasteiger partial charge in [0.2, 0.25) is 0 Å². The van der Waals surface area contributed by atoms with Crippen molar-refractivity contribution in [1.29, 1.82) is 0 Å². The lowest BCUT2D eigenvalue weighted by Crippen LogP contribution is -2.47. The first-order chi connectivity index (χ1) is 18.7. The highest BCUT2D eigenvalue weighted by Crippen LogP contribution is 2.30. The number of carbonyl (C=O) groups excluding carboxylic acids is 1. The summed E-state index contributed by atoms with van der Waals surface area (Å²) in [6.07, 6.45) is 6.82. The molecule has 196 valence electrons. The van der Waals surface area contributed by atoms with E-state index in [1.54, 1.807) is 0 Å². The fourth-order valence-electron chi connectivity index (χ4n) is 5.45. The van der Waals surface area contributed by atoms with Crippen LogP contribution in [-0.4, -0.2) is 58.7 Å². The van der Waals surface area contributed by atoms with Gasteiger partial charge < -0.3 is 18.8 Å². The predicted molar refractivity (Wildman–Crippen MR) is 144 cm³/mol.